The fourth-order valence-corrected chi connectivity index (χ4v) is 2.62. The number of benzene rings is 1. The van der Waals surface area contributed by atoms with Crippen molar-refractivity contribution in [2.75, 3.05) is 0 Å². The van der Waals surface area contributed by atoms with Gasteiger partial charge >= 0.3 is 0 Å². The number of fused-ring (bicyclic) bond motifs is 1. The molecule has 0 unspecified atom stereocenters. The maximum absolute atomic E-state index is 10.5. The van der Waals surface area contributed by atoms with E-state index in [1.165, 1.54) is 32.1 Å². The maximum Gasteiger partial charge on any atom is 0.132 e. The molecule has 1 aromatic carbocycles. The van der Waals surface area contributed by atoms with Crippen molar-refractivity contribution in [2.24, 2.45) is 0 Å². The molecule has 0 aromatic heterocycles. The molecule has 0 spiro atoms. The number of aryl methyl sites for hydroxylation is 2. The van der Waals surface area contributed by atoms with Crippen molar-refractivity contribution in [1.82, 2.24) is 0 Å². The van der Waals surface area contributed by atoms with Gasteiger partial charge in [-0.2, -0.15) is 0 Å². The van der Waals surface area contributed by atoms with Crippen molar-refractivity contribution in [2.45, 2.75) is 57.8 Å². The minimum Gasteiger partial charge on any atom is -0.300 e. The van der Waals surface area contributed by atoms with Gasteiger partial charge in [0.2, 0.25) is 0 Å². The van der Waals surface area contributed by atoms with Gasteiger partial charge in [0, 0.05) is 12.8 Å². The van der Waals surface area contributed by atoms with Crippen LogP contribution < -0.4 is 0 Å². The topological polar surface area (TPSA) is 17.1 Å². The van der Waals surface area contributed by atoms with Crippen LogP contribution in [-0.2, 0) is 17.6 Å². The summed E-state index contributed by atoms with van der Waals surface area (Å²) in [6.07, 6.45) is 10.6. The average Bonchev–Trinajstić information content (AvgIpc) is 2.41. The third kappa shape index (κ3) is 3.99. The van der Waals surface area contributed by atoms with Crippen LogP contribution in [0.25, 0.3) is 0 Å². The number of ketones is 1. The second-order valence-electron chi connectivity index (χ2n) is 5.08. The molecule has 1 aromatic rings. The van der Waals surface area contributed by atoms with E-state index in [2.05, 4.69) is 24.3 Å². The number of carbonyl (C=O) groups is 1. The highest BCUT2D eigenvalue weighted by atomic mass is 16.1. The normalized spacial score (nSPS) is 18.9. The zero-order chi connectivity index (χ0) is 11.9. The summed E-state index contributed by atoms with van der Waals surface area (Å²) in [6.45, 7) is 0. The molecule has 2 aliphatic rings. The third-order valence-corrected chi connectivity index (χ3v) is 3.67. The van der Waals surface area contributed by atoms with Gasteiger partial charge in [-0.25, -0.2) is 0 Å². The first kappa shape index (κ1) is 12.3. The summed E-state index contributed by atoms with van der Waals surface area (Å²) in [5.74, 6) is 0.464. The molecule has 17 heavy (non-hydrogen) atoms. The fourth-order valence-electron chi connectivity index (χ4n) is 2.62. The molecule has 2 aliphatic carbocycles. The molecule has 1 fully saturated rings. The lowest BCUT2D eigenvalue weighted by atomic mass is 9.92. The van der Waals surface area contributed by atoms with E-state index in [4.69, 9.17) is 0 Å². The Hall–Kier alpha value is -1.11. The molecule has 3 rings (SSSR count). The van der Waals surface area contributed by atoms with Crippen LogP contribution in [0.4, 0.5) is 0 Å². The van der Waals surface area contributed by atoms with Crippen LogP contribution in [-0.4, -0.2) is 5.78 Å². The van der Waals surface area contributed by atoms with Crippen molar-refractivity contribution in [1.29, 1.82) is 0 Å². The Kier molecular flexibility index (Phi) is 4.78. The lowest BCUT2D eigenvalue weighted by Gasteiger charge is -2.13. The van der Waals surface area contributed by atoms with E-state index in [0.29, 0.717) is 5.78 Å². The molecule has 0 radical (unpaired) electrons. The van der Waals surface area contributed by atoms with E-state index >= 15 is 0 Å². The predicted octanol–water partition coefficient (Wildman–Crippen LogP) is 4.09. The SMILES string of the molecule is O=C1CCCCC1.c1ccc2c(c1)CCCC2. The van der Waals surface area contributed by atoms with Gasteiger partial charge in [0.15, 0.2) is 0 Å². The van der Waals surface area contributed by atoms with Gasteiger partial charge in [-0.05, 0) is 49.7 Å². The number of Topliss-reactive ketones (excluding diaryl/α,β-unsaturated/α-hetero) is 1. The monoisotopic (exact) mass is 230 g/mol. The van der Waals surface area contributed by atoms with Crippen LogP contribution in [0.1, 0.15) is 56.1 Å². The Morgan fingerprint density at radius 2 is 1.12 bits per heavy atom. The number of rotatable bonds is 0. The molecule has 0 saturated heterocycles. The molecule has 92 valence electrons. The first-order valence-corrected chi connectivity index (χ1v) is 6.95. The first-order chi connectivity index (χ1) is 8.36. The smallest absolute Gasteiger partial charge is 0.132 e. The molecule has 0 aliphatic heterocycles. The zero-order valence-electron chi connectivity index (χ0n) is 10.6. The molecular formula is C16H22O. The predicted molar refractivity (Wildman–Crippen MR) is 71.2 cm³/mol. The maximum atomic E-state index is 10.5. The number of hydrogen-bond donors (Lipinski definition) is 0. The highest BCUT2D eigenvalue weighted by Crippen LogP contribution is 2.19. The molecule has 0 atom stereocenters. The van der Waals surface area contributed by atoms with Gasteiger partial charge in [0.25, 0.3) is 0 Å². The molecule has 1 heteroatoms. The summed E-state index contributed by atoms with van der Waals surface area (Å²) in [4.78, 5) is 10.5. The molecule has 0 bridgehead atoms. The lowest BCUT2D eigenvalue weighted by molar-refractivity contribution is -0.120. The molecule has 0 heterocycles. The van der Waals surface area contributed by atoms with Crippen LogP contribution in [0.15, 0.2) is 24.3 Å². The first-order valence-electron chi connectivity index (χ1n) is 6.95. The average molecular weight is 230 g/mol. The van der Waals surface area contributed by atoms with Crippen LogP contribution >= 0.6 is 0 Å². The summed E-state index contributed by atoms with van der Waals surface area (Å²) in [7, 11) is 0. The summed E-state index contributed by atoms with van der Waals surface area (Å²) in [5.41, 5.74) is 3.16. The highest BCUT2D eigenvalue weighted by molar-refractivity contribution is 5.78. The second-order valence-corrected chi connectivity index (χ2v) is 5.08. The van der Waals surface area contributed by atoms with Gasteiger partial charge in [-0.1, -0.05) is 30.7 Å². The standard InChI is InChI=1S/C10H12.C6H10O/c1-2-6-10-8-4-3-7-9(10)5-1;7-6-4-2-1-3-5-6/h1-2,5-6H,3-4,7-8H2;1-5H2. The van der Waals surface area contributed by atoms with Crippen molar-refractivity contribution in [3.63, 3.8) is 0 Å². The number of carbonyl (C=O) groups excluding carboxylic acids is 1. The summed E-state index contributed by atoms with van der Waals surface area (Å²) < 4.78 is 0. The Morgan fingerprint density at radius 1 is 0.647 bits per heavy atom. The molecule has 1 saturated carbocycles. The van der Waals surface area contributed by atoms with Crippen molar-refractivity contribution in [3.05, 3.63) is 35.4 Å². The van der Waals surface area contributed by atoms with Crippen LogP contribution in [0.5, 0.6) is 0 Å². The Balaban J connectivity index is 0.000000136. The van der Waals surface area contributed by atoms with Crippen molar-refractivity contribution in [3.8, 4) is 0 Å². The fraction of sp³-hybridized carbons (Fsp3) is 0.562. The van der Waals surface area contributed by atoms with Gasteiger partial charge < -0.3 is 0 Å². The Labute approximate surface area is 104 Å². The second kappa shape index (κ2) is 6.58. The van der Waals surface area contributed by atoms with Gasteiger partial charge in [-0.15, -0.1) is 0 Å². The zero-order valence-corrected chi connectivity index (χ0v) is 10.6. The van der Waals surface area contributed by atoms with Crippen LogP contribution in [0.3, 0.4) is 0 Å². The molecule has 0 amide bonds. The van der Waals surface area contributed by atoms with E-state index < -0.39 is 0 Å². The minimum absolute atomic E-state index is 0.464. The van der Waals surface area contributed by atoms with Gasteiger partial charge in [0.05, 0.1) is 0 Å². The lowest BCUT2D eigenvalue weighted by Crippen LogP contribution is -2.02. The largest absolute Gasteiger partial charge is 0.300 e. The van der Waals surface area contributed by atoms with E-state index in [0.717, 1.165) is 25.7 Å². The van der Waals surface area contributed by atoms with E-state index in [1.807, 2.05) is 0 Å². The van der Waals surface area contributed by atoms with Crippen molar-refractivity contribution < 1.29 is 4.79 Å². The summed E-state index contributed by atoms with van der Waals surface area (Å²) in [5, 5.41) is 0. The molecule has 0 N–H and O–H groups in total. The summed E-state index contributed by atoms with van der Waals surface area (Å²) in [6, 6.07) is 8.80. The van der Waals surface area contributed by atoms with Crippen LogP contribution in [0.2, 0.25) is 0 Å². The van der Waals surface area contributed by atoms with E-state index in [1.54, 1.807) is 11.1 Å². The summed E-state index contributed by atoms with van der Waals surface area (Å²) >= 11 is 0. The highest BCUT2D eigenvalue weighted by Gasteiger charge is 2.06. The Morgan fingerprint density at radius 3 is 1.53 bits per heavy atom. The third-order valence-electron chi connectivity index (χ3n) is 3.67. The molecule has 1 nitrogen and oxygen atoms in total. The quantitative estimate of drug-likeness (QED) is 0.656. The van der Waals surface area contributed by atoms with Crippen molar-refractivity contribution >= 4 is 5.78 Å². The van der Waals surface area contributed by atoms with Gasteiger partial charge in [-0.3, -0.25) is 4.79 Å². The minimum atomic E-state index is 0.464. The molecular weight excluding hydrogens is 208 g/mol. The van der Waals surface area contributed by atoms with E-state index in [-0.39, 0.29) is 0 Å². The number of hydrogen-bond acceptors (Lipinski definition) is 1. The van der Waals surface area contributed by atoms with Crippen LogP contribution in [0, 0.1) is 0 Å². The Bertz CT molecular complexity index is 335. The van der Waals surface area contributed by atoms with Gasteiger partial charge in [0.1, 0.15) is 5.78 Å². The van der Waals surface area contributed by atoms with E-state index in [9.17, 15) is 4.79 Å².